The largest absolute Gasteiger partial charge is 0.465 e. The fourth-order valence-electron chi connectivity index (χ4n) is 1.58. The van der Waals surface area contributed by atoms with Gasteiger partial charge in [0.15, 0.2) is 0 Å². The van der Waals surface area contributed by atoms with E-state index >= 15 is 0 Å². The second-order valence-electron chi connectivity index (χ2n) is 3.53. The van der Waals surface area contributed by atoms with Gasteiger partial charge in [-0.05, 0) is 0 Å². The average molecular weight is 186 g/mol. The van der Waals surface area contributed by atoms with Crippen molar-refractivity contribution in [1.29, 1.82) is 0 Å². The molecule has 1 amide bonds. The Hall–Kier alpha value is -0.810. The van der Waals surface area contributed by atoms with Crippen molar-refractivity contribution in [3.05, 3.63) is 0 Å². The third-order valence-electron chi connectivity index (χ3n) is 2.51. The molecular weight excluding hydrogens is 172 g/mol. The standard InChI is InChI=1S/C8H14N2O3/c11-8(12)10-3-1-9(2-4-10)5-7-6-13-7/h7H,1-6H2,(H,11,12). The van der Waals surface area contributed by atoms with Crippen LogP contribution in [0.25, 0.3) is 0 Å². The highest BCUT2D eigenvalue weighted by Crippen LogP contribution is 2.12. The van der Waals surface area contributed by atoms with Crippen molar-refractivity contribution >= 4 is 6.09 Å². The maximum absolute atomic E-state index is 10.6. The van der Waals surface area contributed by atoms with E-state index in [0.717, 1.165) is 26.2 Å². The summed E-state index contributed by atoms with van der Waals surface area (Å²) in [7, 11) is 0. The number of carbonyl (C=O) groups is 1. The highest BCUT2D eigenvalue weighted by Gasteiger charge is 2.28. The van der Waals surface area contributed by atoms with Crippen LogP contribution in [-0.2, 0) is 4.74 Å². The van der Waals surface area contributed by atoms with Gasteiger partial charge in [-0.2, -0.15) is 0 Å². The van der Waals surface area contributed by atoms with Gasteiger partial charge in [0, 0.05) is 32.7 Å². The van der Waals surface area contributed by atoms with Crippen molar-refractivity contribution in [3.63, 3.8) is 0 Å². The minimum atomic E-state index is -0.803. The third-order valence-corrected chi connectivity index (χ3v) is 2.51. The van der Waals surface area contributed by atoms with Gasteiger partial charge in [0.25, 0.3) is 0 Å². The molecule has 2 rings (SSSR count). The van der Waals surface area contributed by atoms with Crippen LogP contribution in [0.4, 0.5) is 4.79 Å². The smallest absolute Gasteiger partial charge is 0.407 e. The lowest BCUT2D eigenvalue weighted by molar-refractivity contribution is 0.102. The van der Waals surface area contributed by atoms with Gasteiger partial charge in [0.2, 0.25) is 0 Å². The lowest BCUT2D eigenvalue weighted by Crippen LogP contribution is -2.49. The summed E-state index contributed by atoms with van der Waals surface area (Å²) in [6.07, 6.45) is -0.390. The molecule has 13 heavy (non-hydrogen) atoms. The number of nitrogens with zero attached hydrogens (tertiary/aromatic N) is 2. The summed E-state index contributed by atoms with van der Waals surface area (Å²) in [6.45, 7) is 4.77. The maximum atomic E-state index is 10.6. The first kappa shape index (κ1) is 8.77. The first-order valence-electron chi connectivity index (χ1n) is 4.57. The van der Waals surface area contributed by atoms with Crippen LogP contribution in [-0.4, -0.2) is 66.4 Å². The zero-order valence-electron chi connectivity index (χ0n) is 7.48. The highest BCUT2D eigenvalue weighted by molar-refractivity contribution is 5.65. The molecule has 2 aliphatic heterocycles. The number of amides is 1. The molecule has 1 unspecified atom stereocenters. The van der Waals surface area contributed by atoms with Gasteiger partial charge >= 0.3 is 6.09 Å². The van der Waals surface area contributed by atoms with Gasteiger partial charge in [-0.1, -0.05) is 0 Å². The predicted octanol–water partition coefficient (Wildman–Crippen LogP) is -0.319. The second kappa shape index (κ2) is 3.51. The predicted molar refractivity (Wildman–Crippen MR) is 45.8 cm³/mol. The molecule has 0 aromatic carbocycles. The molecule has 1 N–H and O–H groups in total. The zero-order valence-corrected chi connectivity index (χ0v) is 7.48. The van der Waals surface area contributed by atoms with Crippen molar-refractivity contribution in [2.75, 3.05) is 39.3 Å². The van der Waals surface area contributed by atoms with E-state index in [-0.39, 0.29) is 0 Å². The molecule has 2 heterocycles. The van der Waals surface area contributed by atoms with Crippen LogP contribution in [0.3, 0.4) is 0 Å². The first-order valence-corrected chi connectivity index (χ1v) is 4.57. The second-order valence-corrected chi connectivity index (χ2v) is 3.53. The normalized spacial score (nSPS) is 28.9. The quantitative estimate of drug-likeness (QED) is 0.600. The summed E-state index contributed by atoms with van der Waals surface area (Å²) < 4.78 is 5.11. The van der Waals surface area contributed by atoms with Crippen molar-refractivity contribution < 1.29 is 14.6 Å². The van der Waals surface area contributed by atoms with E-state index in [1.807, 2.05) is 0 Å². The van der Waals surface area contributed by atoms with E-state index < -0.39 is 6.09 Å². The minimum absolute atomic E-state index is 0.413. The fourth-order valence-corrected chi connectivity index (χ4v) is 1.58. The van der Waals surface area contributed by atoms with Crippen LogP contribution < -0.4 is 0 Å². The topological polar surface area (TPSA) is 56.3 Å². The van der Waals surface area contributed by atoms with Crippen molar-refractivity contribution in [3.8, 4) is 0 Å². The molecule has 2 aliphatic rings. The van der Waals surface area contributed by atoms with E-state index in [4.69, 9.17) is 9.84 Å². The summed E-state index contributed by atoms with van der Waals surface area (Å²) >= 11 is 0. The van der Waals surface area contributed by atoms with E-state index in [2.05, 4.69) is 4.90 Å². The number of hydrogen-bond donors (Lipinski definition) is 1. The molecule has 0 spiro atoms. The molecule has 2 fully saturated rings. The molecule has 1 atom stereocenters. The third kappa shape index (κ3) is 2.32. The van der Waals surface area contributed by atoms with Gasteiger partial charge in [-0.3, -0.25) is 4.90 Å². The summed E-state index contributed by atoms with van der Waals surface area (Å²) in [5, 5.41) is 8.70. The molecule has 0 aromatic rings. The van der Waals surface area contributed by atoms with Gasteiger partial charge in [-0.25, -0.2) is 4.79 Å². The molecule has 5 nitrogen and oxygen atoms in total. The van der Waals surface area contributed by atoms with Gasteiger partial charge in [-0.15, -0.1) is 0 Å². The van der Waals surface area contributed by atoms with Gasteiger partial charge < -0.3 is 14.7 Å². The maximum Gasteiger partial charge on any atom is 0.407 e. The molecule has 5 heteroatoms. The zero-order chi connectivity index (χ0) is 9.26. The van der Waals surface area contributed by atoms with Crippen molar-refractivity contribution in [2.45, 2.75) is 6.10 Å². The number of ether oxygens (including phenoxy) is 1. The Balaban J connectivity index is 1.71. The molecule has 2 saturated heterocycles. The summed E-state index contributed by atoms with van der Waals surface area (Å²) in [6, 6.07) is 0. The van der Waals surface area contributed by atoms with E-state index in [9.17, 15) is 4.79 Å². The highest BCUT2D eigenvalue weighted by atomic mass is 16.6. The fraction of sp³-hybridized carbons (Fsp3) is 0.875. The monoisotopic (exact) mass is 186 g/mol. The molecule has 0 saturated carbocycles. The van der Waals surface area contributed by atoms with Crippen LogP contribution in [0.5, 0.6) is 0 Å². The Morgan fingerprint density at radius 3 is 2.46 bits per heavy atom. The minimum Gasteiger partial charge on any atom is -0.465 e. The lowest BCUT2D eigenvalue weighted by atomic mass is 10.3. The molecule has 0 aromatic heterocycles. The number of rotatable bonds is 2. The van der Waals surface area contributed by atoms with Crippen LogP contribution in [0.1, 0.15) is 0 Å². The van der Waals surface area contributed by atoms with Gasteiger partial charge in [0.1, 0.15) is 0 Å². The number of carboxylic acid groups (broad SMARTS) is 1. The Kier molecular flexibility index (Phi) is 2.37. The molecule has 0 radical (unpaired) electrons. The molecule has 74 valence electrons. The Morgan fingerprint density at radius 1 is 1.38 bits per heavy atom. The Labute approximate surface area is 76.9 Å². The Morgan fingerprint density at radius 2 is 2.00 bits per heavy atom. The average Bonchev–Trinajstić information content (AvgIpc) is 2.89. The summed E-state index contributed by atoms with van der Waals surface area (Å²) in [5.41, 5.74) is 0. The number of piperazine rings is 1. The number of epoxide rings is 1. The van der Waals surface area contributed by atoms with E-state index in [1.165, 1.54) is 4.90 Å². The summed E-state index contributed by atoms with van der Waals surface area (Å²) in [4.78, 5) is 14.3. The van der Waals surface area contributed by atoms with Gasteiger partial charge in [0.05, 0.1) is 12.7 Å². The number of hydrogen-bond acceptors (Lipinski definition) is 3. The molecule has 0 aliphatic carbocycles. The van der Waals surface area contributed by atoms with Crippen molar-refractivity contribution in [1.82, 2.24) is 9.80 Å². The molecular formula is C8H14N2O3. The molecule has 0 bridgehead atoms. The lowest BCUT2D eigenvalue weighted by Gasteiger charge is -2.32. The van der Waals surface area contributed by atoms with Crippen LogP contribution >= 0.6 is 0 Å². The van der Waals surface area contributed by atoms with E-state index in [0.29, 0.717) is 19.2 Å². The Bertz CT molecular complexity index is 198. The first-order chi connectivity index (χ1) is 6.25. The van der Waals surface area contributed by atoms with E-state index in [1.54, 1.807) is 0 Å². The van der Waals surface area contributed by atoms with Crippen LogP contribution in [0, 0.1) is 0 Å². The van der Waals surface area contributed by atoms with Crippen LogP contribution in [0.2, 0.25) is 0 Å². The summed E-state index contributed by atoms with van der Waals surface area (Å²) in [5.74, 6) is 0. The SMILES string of the molecule is O=C(O)N1CCN(CC2CO2)CC1. The van der Waals surface area contributed by atoms with Crippen molar-refractivity contribution in [2.24, 2.45) is 0 Å². The van der Waals surface area contributed by atoms with Crippen LogP contribution in [0.15, 0.2) is 0 Å².